The Morgan fingerprint density at radius 1 is 1.11 bits per heavy atom. The maximum absolute atomic E-state index is 12.9. The second kappa shape index (κ2) is 9.17. The molecule has 5 nitrogen and oxygen atoms in total. The van der Waals surface area contributed by atoms with Crippen molar-refractivity contribution in [3.63, 3.8) is 0 Å². The highest BCUT2D eigenvalue weighted by Gasteiger charge is 2.19. The van der Waals surface area contributed by atoms with Crippen molar-refractivity contribution in [1.82, 2.24) is 15.1 Å². The topological polar surface area (TPSA) is 56.1 Å². The second-order valence-corrected chi connectivity index (χ2v) is 7.44. The van der Waals surface area contributed by atoms with E-state index < -0.39 is 0 Å². The van der Waals surface area contributed by atoms with Crippen LogP contribution in [-0.2, 0) is 17.9 Å². The Morgan fingerprint density at radius 2 is 1.79 bits per heavy atom. The summed E-state index contributed by atoms with van der Waals surface area (Å²) in [6.07, 6.45) is 0. The minimum Gasteiger partial charge on any atom is -0.377 e. The number of ether oxygens (including phenoxy) is 1. The van der Waals surface area contributed by atoms with E-state index in [1.165, 1.54) is 0 Å². The molecule has 0 saturated heterocycles. The van der Waals surface area contributed by atoms with Gasteiger partial charge in [-0.25, -0.2) is 4.68 Å². The summed E-state index contributed by atoms with van der Waals surface area (Å²) in [5, 5.41) is 7.60. The average molecular weight is 442 g/mol. The molecule has 2 aromatic carbocycles. The number of carbonyl (C=O) groups is 1. The fraction of sp³-hybridized carbons (Fsp3) is 0.273. The number of aromatic nitrogens is 2. The first-order chi connectivity index (χ1) is 13.5. The third-order valence-electron chi connectivity index (χ3n) is 4.61. The van der Waals surface area contributed by atoms with Gasteiger partial charge in [0.15, 0.2) is 0 Å². The molecule has 0 aliphatic carbocycles. The lowest BCUT2D eigenvalue weighted by Crippen LogP contribution is -2.24. The van der Waals surface area contributed by atoms with Crippen molar-refractivity contribution in [1.29, 1.82) is 0 Å². The molecule has 0 aliphatic heterocycles. The molecule has 0 fully saturated rings. The predicted molar refractivity (Wildman–Crippen MR) is 114 cm³/mol. The van der Waals surface area contributed by atoms with E-state index in [1.54, 1.807) is 4.68 Å². The van der Waals surface area contributed by atoms with Gasteiger partial charge in [0.1, 0.15) is 0 Å². The van der Waals surface area contributed by atoms with Gasteiger partial charge in [0.25, 0.3) is 5.91 Å². The molecule has 1 heterocycles. The first-order valence-corrected chi connectivity index (χ1v) is 10.1. The minimum atomic E-state index is -0.121. The van der Waals surface area contributed by atoms with Gasteiger partial charge in [-0.3, -0.25) is 4.79 Å². The van der Waals surface area contributed by atoms with Gasteiger partial charge in [-0.15, -0.1) is 0 Å². The van der Waals surface area contributed by atoms with E-state index in [9.17, 15) is 4.79 Å². The Bertz CT molecular complexity index is 964. The van der Waals surface area contributed by atoms with Crippen LogP contribution in [0.25, 0.3) is 5.69 Å². The fourth-order valence-electron chi connectivity index (χ4n) is 3.15. The number of hydrogen-bond acceptors (Lipinski definition) is 3. The number of halogens is 1. The summed E-state index contributed by atoms with van der Waals surface area (Å²) in [5.74, 6) is -0.121. The first kappa shape index (κ1) is 20.3. The fourth-order valence-corrected chi connectivity index (χ4v) is 3.42. The summed E-state index contributed by atoms with van der Waals surface area (Å²) in [6.45, 7) is 7.40. The number of amides is 1. The maximum Gasteiger partial charge on any atom is 0.255 e. The van der Waals surface area contributed by atoms with E-state index in [2.05, 4.69) is 26.3 Å². The maximum atomic E-state index is 12.9. The lowest BCUT2D eigenvalue weighted by Gasteiger charge is -2.11. The molecule has 0 unspecified atom stereocenters. The van der Waals surface area contributed by atoms with Crippen molar-refractivity contribution < 1.29 is 9.53 Å². The van der Waals surface area contributed by atoms with E-state index in [0.29, 0.717) is 31.0 Å². The first-order valence-electron chi connectivity index (χ1n) is 9.26. The zero-order valence-electron chi connectivity index (χ0n) is 16.3. The van der Waals surface area contributed by atoms with Crippen LogP contribution in [0.3, 0.4) is 0 Å². The molecule has 1 aromatic heterocycles. The number of aryl methyl sites for hydroxylation is 1. The summed E-state index contributed by atoms with van der Waals surface area (Å²) < 4.78 is 8.33. The molecule has 146 valence electrons. The van der Waals surface area contributed by atoms with Crippen molar-refractivity contribution in [2.75, 3.05) is 6.61 Å². The van der Waals surface area contributed by atoms with Gasteiger partial charge in [-0.1, -0.05) is 40.2 Å². The summed E-state index contributed by atoms with van der Waals surface area (Å²) in [7, 11) is 0. The summed E-state index contributed by atoms with van der Waals surface area (Å²) in [6, 6.07) is 15.8. The standard InChI is InChI=1S/C22H24BrN3O2/c1-4-28-14-18-8-6-5-7-17(18)13-24-22(27)21-15(2)25-26(16(21)3)20-11-9-19(23)10-12-20/h5-12H,4,13-14H2,1-3H3,(H,24,27). The van der Waals surface area contributed by atoms with Crippen molar-refractivity contribution >= 4 is 21.8 Å². The van der Waals surface area contributed by atoms with Gasteiger partial charge < -0.3 is 10.1 Å². The SMILES string of the molecule is CCOCc1ccccc1CNC(=O)c1c(C)nn(-c2ccc(Br)cc2)c1C. The molecule has 0 aliphatic rings. The number of rotatable bonds is 7. The number of nitrogens with one attached hydrogen (secondary N) is 1. The molecular formula is C22H24BrN3O2. The van der Waals surface area contributed by atoms with Crippen LogP contribution in [-0.4, -0.2) is 22.3 Å². The molecule has 0 radical (unpaired) electrons. The molecule has 0 saturated carbocycles. The van der Waals surface area contributed by atoms with Crippen LogP contribution in [0.2, 0.25) is 0 Å². The smallest absolute Gasteiger partial charge is 0.255 e. The minimum absolute atomic E-state index is 0.121. The molecule has 0 spiro atoms. The van der Waals surface area contributed by atoms with Gasteiger partial charge in [0.05, 0.1) is 29.2 Å². The van der Waals surface area contributed by atoms with Crippen LogP contribution in [0.4, 0.5) is 0 Å². The summed E-state index contributed by atoms with van der Waals surface area (Å²) in [4.78, 5) is 12.9. The van der Waals surface area contributed by atoms with Crippen LogP contribution in [0.1, 0.15) is 39.8 Å². The van der Waals surface area contributed by atoms with Gasteiger partial charge in [0.2, 0.25) is 0 Å². The largest absolute Gasteiger partial charge is 0.377 e. The molecule has 6 heteroatoms. The third-order valence-corrected chi connectivity index (χ3v) is 5.14. The Hall–Kier alpha value is -2.44. The van der Waals surface area contributed by atoms with Crippen molar-refractivity contribution in [2.45, 2.75) is 33.9 Å². The zero-order chi connectivity index (χ0) is 20.1. The summed E-state index contributed by atoms with van der Waals surface area (Å²) >= 11 is 3.44. The van der Waals surface area contributed by atoms with Crippen molar-refractivity contribution in [3.8, 4) is 5.69 Å². The van der Waals surface area contributed by atoms with Crippen molar-refractivity contribution in [2.24, 2.45) is 0 Å². The van der Waals surface area contributed by atoms with Crippen LogP contribution in [0, 0.1) is 13.8 Å². The summed E-state index contributed by atoms with van der Waals surface area (Å²) in [5.41, 5.74) is 5.21. The Balaban J connectivity index is 1.78. The Labute approximate surface area is 173 Å². The molecule has 28 heavy (non-hydrogen) atoms. The van der Waals surface area contributed by atoms with E-state index in [-0.39, 0.29) is 5.91 Å². The van der Waals surface area contributed by atoms with Gasteiger partial charge in [0, 0.05) is 17.6 Å². The monoisotopic (exact) mass is 441 g/mol. The number of benzene rings is 2. The van der Waals surface area contributed by atoms with E-state index >= 15 is 0 Å². The number of carbonyl (C=O) groups excluding carboxylic acids is 1. The quantitative estimate of drug-likeness (QED) is 0.576. The van der Waals surface area contributed by atoms with Crippen LogP contribution in [0.15, 0.2) is 53.0 Å². The van der Waals surface area contributed by atoms with E-state index in [0.717, 1.165) is 27.0 Å². The highest BCUT2D eigenvalue weighted by molar-refractivity contribution is 9.10. The number of nitrogens with zero attached hydrogens (tertiary/aromatic N) is 2. The lowest BCUT2D eigenvalue weighted by molar-refractivity contribution is 0.0948. The predicted octanol–water partition coefficient (Wildman–Crippen LogP) is 4.72. The van der Waals surface area contributed by atoms with E-state index in [4.69, 9.17) is 4.74 Å². The third kappa shape index (κ3) is 4.51. The number of hydrogen-bond donors (Lipinski definition) is 1. The average Bonchev–Trinajstić information content (AvgIpc) is 3.00. The highest BCUT2D eigenvalue weighted by atomic mass is 79.9. The molecule has 0 atom stereocenters. The van der Waals surface area contributed by atoms with Crippen molar-refractivity contribution in [3.05, 3.63) is 81.1 Å². The molecule has 0 bridgehead atoms. The normalized spacial score (nSPS) is 10.9. The van der Waals surface area contributed by atoms with Gasteiger partial charge in [-0.05, 0) is 56.2 Å². The molecule has 3 aromatic rings. The lowest BCUT2D eigenvalue weighted by atomic mass is 10.1. The zero-order valence-corrected chi connectivity index (χ0v) is 17.9. The highest BCUT2D eigenvalue weighted by Crippen LogP contribution is 2.20. The van der Waals surface area contributed by atoms with Crippen LogP contribution in [0.5, 0.6) is 0 Å². The molecule has 1 amide bonds. The molecule has 1 N–H and O–H groups in total. The second-order valence-electron chi connectivity index (χ2n) is 6.52. The Kier molecular flexibility index (Phi) is 6.65. The van der Waals surface area contributed by atoms with Gasteiger partial charge in [-0.2, -0.15) is 5.10 Å². The molecule has 3 rings (SSSR count). The van der Waals surface area contributed by atoms with Gasteiger partial charge >= 0.3 is 0 Å². The van der Waals surface area contributed by atoms with Crippen LogP contribution < -0.4 is 5.32 Å². The van der Waals surface area contributed by atoms with E-state index in [1.807, 2.05) is 69.3 Å². The van der Waals surface area contributed by atoms with Crippen LogP contribution >= 0.6 is 15.9 Å². The molecular weight excluding hydrogens is 418 g/mol. The Morgan fingerprint density at radius 3 is 2.46 bits per heavy atom.